The fourth-order valence-corrected chi connectivity index (χ4v) is 2.97. The van der Waals surface area contributed by atoms with Crippen LogP contribution in [0.3, 0.4) is 0 Å². The third kappa shape index (κ3) is 4.83. The van der Waals surface area contributed by atoms with E-state index in [0.717, 1.165) is 24.8 Å². The number of hydrogen-bond donors (Lipinski definition) is 1. The molecule has 1 aliphatic rings. The normalized spacial score (nSPS) is 18.2. The van der Waals surface area contributed by atoms with E-state index in [9.17, 15) is 14.0 Å². The SMILES string of the molecule is O=C(O)CC[C@H]1CCCCN1C(=O)CCc1ccc(F)cc1. The molecule has 1 atom stereocenters. The zero-order valence-electron chi connectivity index (χ0n) is 12.6. The fraction of sp³-hybridized carbons (Fsp3) is 0.529. The molecule has 120 valence electrons. The minimum Gasteiger partial charge on any atom is -0.481 e. The summed E-state index contributed by atoms with van der Waals surface area (Å²) in [5.74, 6) is -1.02. The van der Waals surface area contributed by atoms with Crippen LogP contribution in [0.4, 0.5) is 4.39 Å². The van der Waals surface area contributed by atoms with Gasteiger partial charge in [0.15, 0.2) is 0 Å². The van der Waals surface area contributed by atoms with Crippen molar-refractivity contribution in [2.24, 2.45) is 0 Å². The van der Waals surface area contributed by atoms with Gasteiger partial charge in [-0.05, 0) is 49.8 Å². The number of carbonyl (C=O) groups excluding carboxylic acids is 1. The topological polar surface area (TPSA) is 57.6 Å². The molecule has 0 radical (unpaired) electrons. The van der Waals surface area contributed by atoms with Gasteiger partial charge in [-0.1, -0.05) is 12.1 Å². The summed E-state index contributed by atoms with van der Waals surface area (Å²) >= 11 is 0. The summed E-state index contributed by atoms with van der Waals surface area (Å²) in [4.78, 5) is 25.0. The van der Waals surface area contributed by atoms with Crippen molar-refractivity contribution in [3.8, 4) is 0 Å². The summed E-state index contributed by atoms with van der Waals surface area (Å²) in [6.45, 7) is 0.715. The van der Waals surface area contributed by atoms with Crippen LogP contribution in [0, 0.1) is 5.82 Å². The Morgan fingerprint density at radius 3 is 2.59 bits per heavy atom. The summed E-state index contributed by atoms with van der Waals surface area (Å²) in [6.07, 6.45) is 4.51. The van der Waals surface area contributed by atoms with Gasteiger partial charge in [0, 0.05) is 25.4 Å². The highest BCUT2D eigenvalue weighted by Gasteiger charge is 2.26. The van der Waals surface area contributed by atoms with Crippen molar-refractivity contribution < 1.29 is 19.1 Å². The van der Waals surface area contributed by atoms with Crippen molar-refractivity contribution in [1.29, 1.82) is 0 Å². The molecule has 0 unspecified atom stereocenters. The third-order valence-electron chi connectivity index (χ3n) is 4.18. The summed E-state index contributed by atoms with van der Waals surface area (Å²) in [6, 6.07) is 6.24. The number of carboxylic acids is 1. The number of aliphatic carboxylic acids is 1. The Bertz CT molecular complexity index is 515. The van der Waals surface area contributed by atoms with Crippen LogP contribution in [0.1, 0.15) is 44.1 Å². The standard InChI is InChI=1S/C17H22FNO3/c18-14-7-4-13(5-8-14)6-10-16(20)19-12-2-1-3-15(19)9-11-17(21)22/h4-5,7-8,15H,1-3,6,9-12H2,(H,21,22)/t15-/m1/s1. The van der Waals surface area contributed by atoms with E-state index in [1.54, 1.807) is 12.1 Å². The van der Waals surface area contributed by atoms with Crippen molar-refractivity contribution in [3.05, 3.63) is 35.6 Å². The van der Waals surface area contributed by atoms with Crippen molar-refractivity contribution in [1.82, 2.24) is 4.90 Å². The molecule has 1 saturated heterocycles. The van der Waals surface area contributed by atoms with E-state index in [1.807, 2.05) is 4.90 Å². The lowest BCUT2D eigenvalue weighted by atomic mass is 9.97. The third-order valence-corrected chi connectivity index (χ3v) is 4.18. The number of aryl methyl sites for hydroxylation is 1. The minimum absolute atomic E-state index is 0.0468. The van der Waals surface area contributed by atoms with Crippen molar-refractivity contribution in [2.75, 3.05) is 6.54 Å². The Morgan fingerprint density at radius 2 is 1.91 bits per heavy atom. The van der Waals surface area contributed by atoms with Gasteiger partial charge in [-0.25, -0.2) is 4.39 Å². The van der Waals surface area contributed by atoms with Gasteiger partial charge in [0.2, 0.25) is 5.91 Å². The first-order chi connectivity index (χ1) is 10.6. The van der Waals surface area contributed by atoms with Gasteiger partial charge in [0.05, 0.1) is 0 Å². The maximum Gasteiger partial charge on any atom is 0.303 e. The first-order valence-electron chi connectivity index (χ1n) is 7.82. The lowest BCUT2D eigenvalue weighted by molar-refractivity contribution is -0.140. The molecule has 1 aromatic rings. The van der Waals surface area contributed by atoms with E-state index in [2.05, 4.69) is 0 Å². The zero-order valence-corrected chi connectivity index (χ0v) is 12.6. The van der Waals surface area contributed by atoms with E-state index in [1.165, 1.54) is 12.1 Å². The van der Waals surface area contributed by atoms with Gasteiger partial charge >= 0.3 is 5.97 Å². The van der Waals surface area contributed by atoms with Crippen LogP contribution in [-0.4, -0.2) is 34.5 Å². The average Bonchev–Trinajstić information content (AvgIpc) is 2.52. The number of likely N-dealkylation sites (tertiary alicyclic amines) is 1. The number of amides is 1. The molecule has 0 aliphatic carbocycles. The molecular formula is C17H22FNO3. The molecule has 1 aliphatic heterocycles. The van der Waals surface area contributed by atoms with Crippen LogP contribution >= 0.6 is 0 Å². The number of piperidine rings is 1. The van der Waals surface area contributed by atoms with E-state index in [4.69, 9.17) is 5.11 Å². The monoisotopic (exact) mass is 307 g/mol. The number of carboxylic acid groups (broad SMARTS) is 1. The molecule has 0 bridgehead atoms. The number of benzene rings is 1. The van der Waals surface area contributed by atoms with E-state index < -0.39 is 5.97 Å². The molecule has 1 amide bonds. The molecule has 1 N–H and O–H groups in total. The molecule has 0 spiro atoms. The maximum atomic E-state index is 12.9. The summed E-state index contributed by atoms with van der Waals surface area (Å²) in [5.41, 5.74) is 0.939. The van der Waals surface area contributed by atoms with E-state index in [-0.39, 0.29) is 24.2 Å². The van der Waals surface area contributed by atoms with Crippen LogP contribution in [0.2, 0.25) is 0 Å². The predicted molar refractivity (Wildman–Crippen MR) is 80.9 cm³/mol. The Morgan fingerprint density at radius 1 is 1.18 bits per heavy atom. The second kappa shape index (κ2) is 7.92. The molecule has 0 saturated carbocycles. The Kier molecular flexibility index (Phi) is 5.92. The Balaban J connectivity index is 1.88. The quantitative estimate of drug-likeness (QED) is 0.879. The molecule has 1 heterocycles. The Hall–Kier alpha value is -1.91. The molecule has 0 aromatic heterocycles. The van der Waals surface area contributed by atoms with Gasteiger partial charge in [-0.15, -0.1) is 0 Å². The number of halogens is 1. The first-order valence-corrected chi connectivity index (χ1v) is 7.82. The van der Waals surface area contributed by atoms with Crippen LogP contribution < -0.4 is 0 Å². The Labute approximate surface area is 129 Å². The molecule has 4 nitrogen and oxygen atoms in total. The minimum atomic E-state index is -0.815. The fourth-order valence-electron chi connectivity index (χ4n) is 2.97. The summed E-state index contributed by atoms with van der Waals surface area (Å²) in [7, 11) is 0. The predicted octanol–water partition coefficient (Wildman–Crippen LogP) is 3.00. The molecule has 22 heavy (non-hydrogen) atoms. The highest BCUT2D eigenvalue weighted by atomic mass is 19.1. The van der Waals surface area contributed by atoms with Gasteiger partial charge in [-0.2, -0.15) is 0 Å². The second-order valence-corrected chi connectivity index (χ2v) is 5.80. The molecule has 1 fully saturated rings. The molecule has 5 heteroatoms. The van der Waals surface area contributed by atoms with Gasteiger partial charge < -0.3 is 10.0 Å². The van der Waals surface area contributed by atoms with Gasteiger partial charge in [0.25, 0.3) is 0 Å². The van der Waals surface area contributed by atoms with Gasteiger partial charge in [0.1, 0.15) is 5.82 Å². The smallest absolute Gasteiger partial charge is 0.303 e. The van der Waals surface area contributed by atoms with Crippen molar-refractivity contribution in [2.45, 2.75) is 51.0 Å². The molecular weight excluding hydrogens is 285 g/mol. The lowest BCUT2D eigenvalue weighted by Crippen LogP contribution is -2.44. The number of rotatable bonds is 6. The second-order valence-electron chi connectivity index (χ2n) is 5.80. The number of carbonyl (C=O) groups is 2. The summed E-state index contributed by atoms with van der Waals surface area (Å²) < 4.78 is 12.9. The van der Waals surface area contributed by atoms with Crippen LogP contribution in [-0.2, 0) is 16.0 Å². The maximum absolute atomic E-state index is 12.9. The highest BCUT2D eigenvalue weighted by Crippen LogP contribution is 2.22. The van der Waals surface area contributed by atoms with Crippen LogP contribution in [0.5, 0.6) is 0 Å². The van der Waals surface area contributed by atoms with Crippen LogP contribution in [0.25, 0.3) is 0 Å². The van der Waals surface area contributed by atoms with Crippen LogP contribution in [0.15, 0.2) is 24.3 Å². The zero-order chi connectivity index (χ0) is 15.9. The highest BCUT2D eigenvalue weighted by molar-refractivity contribution is 5.77. The first kappa shape index (κ1) is 16.5. The van der Waals surface area contributed by atoms with E-state index in [0.29, 0.717) is 25.8 Å². The molecule has 1 aromatic carbocycles. The van der Waals surface area contributed by atoms with Crippen molar-refractivity contribution >= 4 is 11.9 Å². The van der Waals surface area contributed by atoms with Crippen molar-refractivity contribution in [3.63, 3.8) is 0 Å². The number of hydrogen-bond acceptors (Lipinski definition) is 2. The number of nitrogens with zero attached hydrogens (tertiary/aromatic N) is 1. The lowest BCUT2D eigenvalue weighted by Gasteiger charge is -2.35. The van der Waals surface area contributed by atoms with E-state index >= 15 is 0 Å². The average molecular weight is 307 g/mol. The molecule has 2 rings (SSSR count). The van der Waals surface area contributed by atoms with Gasteiger partial charge in [-0.3, -0.25) is 9.59 Å². The summed E-state index contributed by atoms with van der Waals surface area (Å²) in [5, 5.41) is 8.81. The largest absolute Gasteiger partial charge is 0.481 e.